The number of rotatable bonds is 6. The van der Waals surface area contributed by atoms with E-state index in [0.717, 1.165) is 44.7 Å². The second-order valence-electron chi connectivity index (χ2n) is 7.40. The summed E-state index contributed by atoms with van der Waals surface area (Å²) in [6, 6.07) is 10.0. The van der Waals surface area contributed by atoms with Gasteiger partial charge in [0.05, 0.1) is 35.2 Å². The topological polar surface area (TPSA) is 99.2 Å². The summed E-state index contributed by atoms with van der Waals surface area (Å²) in [4.78, 5) is 22.2. The third-order valence-electron chi connectivity index (χ3n) is 5.43. The number of thiazole rings is 1. The van der Waals surface area contributed by atoms with E-state index in [1.807, 2.05) is 41.3 Å². The molecule has 31 heavy (non-hydrogen) atoms. The number of anilines is 1. The molecular weight excluding hydrogens is 412 g/mol. The number of pyridine rings is 1. The summed E-state index contributed by atoms with van der Waals surface area (Å²) < 4.78 is 8.67. The number of hydrogen-bond donors (Lipinski definition) is 1. The summed E-state index contributed by atoms with van der Waals surface area (Å²) in [5.41, 5.74) is 9.83. The number of nitrogens with two attached hydrogens (primary N) is 1. The van der Waals surface area contributed by atoms with Crippen molar-refractivity contribution in [1.82, 2.24) is 24.6 Å². The van der Waals surface area contributed by atoms with Crippen LogP contribution in [-0.4, -0.2) is 57.2 Å². The van der Waals surface area contributed by atoms with Gasteiger partial charge in [-0.25, -0.2) is 9.97 Å². The van der Waals surface area contributed by atoms with Crippen LogP contribution in [0.2, 0.25) is 0 Å². The Labute approximate surface area is 183 Å². The Kier molecular flexibility index (Phi) is 5.46. The van der Waals surface area contributed by atoms with E-state index in [1.165, 1.54) is 0 Å². The number of aromatic nitrogens is 4. The first-order valence-corrected chi connectivity index (χ1v) is 11.0. The smallest absolute Gasteiger partial charge is 0.133 e. The van der Waals surface area contributed by atoms with Crippen LogP contribution in [0, 0.1) is 0 Å². The maximum absolute atomic E-state index is 10.8. The van der Waals surface area contributed by atoms with Gasteiger partial charge in [0.1, 0.15) is 23.3 Å². The van der Waals surface area contributed by atoms with E-state index in [4.69, 9.17) is 15.5 Å². The number of morpholine rings is 1. The molecule has 0 saturated carbocycles. The summed E-state index contributed by atoms with van der Waals surface area (Å²) in [5.74, 6) is 0.455. The van der Waals surface area contributed by atoms with E-state index in [-0.39, 0.29) is 6.17 Å². The number of nitrogens with zero attached hydrogens (tertiary/aromatic N) is 5. The van der Waals surface area contributed by atoms with Crippen molar-refractivity contribution in [2.24, 2.45) is 0 Å². The average Bonchev–Trinajstić information content (AvgIpc) is 3.45. The molecule has 4 heterocycles. The zero-order valence-electron chi connectivity index (χ0n) is 16.8. The van der Waals surface area contributed by atoms with Gasteiger partial charge >= 0.3 is 0 Å². The predicted octanol–water partition coefficient (Wildman–Crippen LogP) is 3.22. The molecule has 1 saturated heterocycles. The Morgan fingerprint density at radius 2 is 2.16 bits per heavy atom. The molecule has 9 heteroatoms. The minimum absolute atomic E-state index is 0.0343. The normalized spacial score (nSPS) is 17.2. The molecule has 0 spiro atoms. The first-order chi connectivity index (χ1) is 15.2. The SMILES string of the molecule is Nc1ncc(-c2cnn(C3COCCN3CCC=O)c2)cc1-c1nc2ccccc2s1. The number of aldehydes is 1. The van der Waals surface area contributed by atoms with E-state index in [1.54, 1.807) is 17.5 Å². The second-order valence-corrected chi connectivity index (χ2v) is 8.43. The van der Waals surface area contributed by atoms with Gasteiger partial charge < -0.3 is 15.3 Å². The molecule has 3 aromatic heterocycles. The van der Waals surface area contributed by atoms with Crippen LogP contribution in [0.4, 0.5) is 5.82 Å². The van der Waals surface area contributed by atoms with Crippen LogP contribution >= 0.6 is 11.3 Å². The molecule has 0 radical (unpaired) electrons. The fourth-order valence-electron chi connectivity index (χ4n) is 3.79. The Morgan fingerprint density at radius 3 is 3.03 bits per heavy atom. The molecule has 1 unspecified atom stereocenters. The van der Waals surface area contributed by atoms with Crippen molar-refractivity contribution in [2.45, 2.75) is 12.6 Å². The van der Waals surface area contributed by atoms with Crippen LogP contribution in [-0.2, 0) is 9.53 Å². The predicted molar refractivity (Wildman–Crippen MR) is 121 cm³/mol. The summed E-state index contributed by atoms with van der Waals surface area (Å²) in [6.07, 6.45) is 6.98. The number of hydrogen-bond acceptors (Lipinski definition) is 8. The Balaban J connectivity index is 1.45. The lowest BCUT2D eigenvalue weighted by Gasteiger charge is -2.35. The quantitative estimate of drug-likeness (QED) is 0.465. The molecule has 1 aromatic carbocycles. The fraction of sp³-hybridized carbons (Fsp3) is 0.273. The highest BCUT2D eigenvalue weighted by Crippen LogP contribution is 2.35. The molecule has 1 aliphatic rings. The summed E-state index contributed by atoms with van der Waals surface area (Å²) >= 11 is 1.60. The molecule has 1 fully saturated rings. The highest BCUT2D eigenvalue weighted by Gasteiger charge is 2.25. The van der Waals surface area contributed by atoms with Crippen molar-refractivity contribution in [1.29, 1.82) is 0 Å². The molecule has 0 bridgehead atoms. The number of benzene rings is 1. The van der Waals surface area contributed by atoms with Crippen molar-refractivity contribution < 1.29 is 9.53 Å². The number of fused-ring (bicyclic) bond motifs is 1. The van der Waals surface area contributed by atoms with Crippen LogP contribution in [0.3, 0.4) is 0 Å². The molecule has 1 aliphatic heterocycles. The summed E-state index contributed by atoms with van der Waals surface area (Å²) in [7, 11) is 0. The lowest BCUT2D eigenvalue weighted by atomic mass is 10.1. The second kappa shape index (κ2) is 8.54. The van der Waals surface area contributed by atoms with Gasteiger partial charge in [0, 0.05) is 43.0 Å². The minimum atomic E-state index is -0.0343. The van der Waals surface area contributed by atoms with Crippen LogP contribution < -0.4 is 5.73 Å². The number of nitrogen functional groups attached to an aromatic ring is 1. The molecule has 2 N–H and O–H groups in total. The zero-order chi connectivity index (χ0) is 21.2. The first kappa shape index (κ1) is 19.8. The lowest BCUT2D eigenvalue weighted by Crippen LogP contribution is -2.43. The molecule has 158 valence electrons. The standard InChI is InChI=1S/C22H22N6O2S/c23-21-17(22-26-18-4-1-2-5-19(18)31-22)10-15(11-24-21)16-12-25-28(13-16)20-14-30-9-7-27(20)6-3-8-29/h1-2,4-5,8,10-13,20H,3,6-7,9,14H2,(H2,23,24). The van der Waals surface area contributed by atoms with Crippen molar-refractivity contribution in [3.8, 4) is 21.7 Å². The molecular formula is C22H22N6O2S. The lowest BCUT2D eigenvalue weighted by molar-refractivity contribution is -0.109. The maximum Gasteiger partial charge on any atom is 0.133 e. The van der Waals surface area contributed by atoms with Gasteiger partial charge in [0.2, 0.25) is 0 Å². The third-order valence-corrected chi connectivity index (χ3v) is 6.50. The number of carbonyl (C=O) groups excluding carboxylic acids is 1. The maximum atomic E-state index is 10.8. The van der Waals surface area contributed by atoms with E-state index < -0.39 is 0 Å². The number of carbonyl (C=O) groups is 1. The van der Waals surface area contributed by atoms with Gasteiger partial charge in [-0.1, -0.05) is 12.1 Å². The summed E-state index contributed by atoms with van der Waals surface area (Å²) in [6.45, 7) is 2.67. The van der Waals surface area contributed by atoms with Gasteiger partial charge in [-0.3, -0.25) is 9.58 Å². The van der Waals surface area contributed by atoms with E-state index in [9.17, 15) is 4.79 Å². The Bertz CT molecular complexity index is 1190. The molecule has 0 aliphatic carbocycles. The third kappa shape index (κ3) is 3.95. The first-order valence-electron chi connectivity index (χ1n) is 10.1. The van der Waals surface area contributed by atoms with Crippen LogP contribution in [0.15, 0.2) is 48.9 Å². The molecule has 5 rings (SSSR count). The van der Waals surface area contributed by atoms with Crippen LogP contribution in [0.25, 0.3) is 31.9 Å². The Morgan fingerprint density at radius 1 is 1.26 bits per heavy atom. The molecule has 1 atom stereocenters. The number of para-hydroxylation sites is 1. The highest BCUT2D eigenvalue weighted by atomic mass is 32.1. The van der Waals surface area contributed by atoms with Crippen molar-refractivity contribution in [2.75, 3.05) is 32.0 Å². The van der Waals surface area contributed by atoms with Gasteiger partial charge in [-0.2, -0.15) is 5.10 Å². The van der Waals surface area contributed by atoms with Gasteiger partial charge in [0.25, 0.3) is 0 Å². The number of ether oxygens (including phenoxy) is 1. The molecule has 8 nitrogen and oxygen atoms in total. The van der Waals surface area contributed by atoms with Crippen LogP contribution in [0.1, 0.15) is 12.6 Å². The van der Waals surface area contributed by atoms with Crippen molar-refractivity contribution >= 4 is 33.7 Å². The van der Waals surface area contributed by atoms with Crippen molar-refractivity contribution in [3.63, 3.8) is 0 Å². The summed E-state index contributed by atoms with van der Waals surface area (Å²) in [5, 5.41) is 5.42. The monoisotopic (exact) mass is 434 g/mol. The largest absolute Gasteiger partial charge is 0.383 e. The molecule has 4 aromatic rings. The minimum Gasteiger partial charge on any atom is -0.383 e. The van der Waals surface area contributed by atoms with Gasteiger partial charge in [-0.05, 0) is 18.2 Å². The van der Waals surface area contributed by atoms with Gasteiger partial charge in [-0.15, -0.1) is 11.3 Å². The molecule has 0 amide bonds. The fourth-order valence-corrected chi connectivity index (χ4v) is 4.78. The Hall–Kier alpha value is -3.14. The van der Waals surface area contributed by atoms with E-state index in [0.29, 0.717) is 32.0 Å². The highest BCUT2D eigenvalue weighted by molar-refractivity contribution is 7.21. The van der Waals surface area contributed by atoms with E-state index >= 15 is 0 Å². The van der Waals surface area contributed by atoms with Crippen molar-refractivity contribution in [3.05, 3.63) is 48.9 Å². The zero-order valence-corrected chi connectivity index (χ0v) is 17.7. The van der Waals surface area contributed by atoms with Gasteiger partial charge in [0.15, 0.2) is 0 Å². The average molecular weight is 435 g/mol. The van der Waals surface area contributed by atoms with Crippen LogP contribution in [0.5, 0.6) is 0 Å². The van der Waals surface area contributed by atoms with E-state index in [2.05, 4.69) is 21.0 Å².